The molecule has 7 nitrogen and oxygen atoms in total. The van der Waals surface area contributed by atoms with E-state index in [1.807, 2.05) is 0 Å². The number of sulfonamides is 1. The summed E-state index contributed by atoms with van der Waals surface area (Å²) in [5.41, 5.74) is 1.78. The number of carbonyl (C=O) groups is 1. The molecule has 0 aliphatic carbocycles. The number of benzene rings is 1. The molecule has 0 saturated heterocycles. The number of hydrogen-bond acceptors (Lipinski definition) is 4. The number of carbonyl (C=O) groups excluding carboxylic acids is 1. The lowest BCUT2D eigenvalue weighted by Crippen LogP contribution is -2.23. The summed E-state index contributed by atoms with van der Waals surface area (Å²) in [6.45, 7) is 0.245. The van der Waals surface area contributed by atoms with Crippen LogP contribution in [-0.2, 0) is 16.6 Å². The Morgan fingerprint density at radius 1 is 1.16 bits per heavy atom. The van der Waals surface area contributed by atoms with E-state index in [-0.39, 0.29) is 17.3 Å². The number of amides is 1. The van der Waals surface area contributed by atoms with Gasteiger partial charge in [0.05, 0.1) is 22.2 Å². The molecule has 0 unspecified atom stereocenters. The number of nitrogens with zero attached hydrogens (tertiary/aromatic N) is 2. The maximum absolute atomic E-state index is 12.2. The molecule has 25 heavy (non-hydrogen) atoms. The van der Waals surface area contributed by atoms with Crippen molar-refractivity contribution in [2.24, 2.45) is 0 Å². The van der Waals surface area contributed by atoms with E-state index in [1.54, 1.807) is 28.9 Å². The average Bonchev–Trinajstić information content (AvgIpc) is 3.01. The third-order valence-corrected chi connectivity index (χ3v) is 5.24. The van der Waals surface area contributed by atoms with E-state index in [9.17, 15) is 13.2 Å². The van der Waals surface area contributed by atoms with E-state index in [1.165, 1.54) is 31.3 Å². The van der Waals surface area contributed by atoms with E-state index in [2.05, 4.69) is 15.0 Å². The molecule has 1 aromatic carbocycles. The lowest BCUT2D eigenvalue weighted by molar-refractivity contribution is 0.0950. The molecule has 0 fully saturated rings. The fourth-order valence-corrected chi connectivity index (χ4v) is 3.18. The molecule has 0 aliphatic heterocycles. The number of imidazole rings is 1. The summed E-state index contributed by atoms with van der Waals surface area (Å²) in [5.74, 6) is -0.316. The normalized spacial score (nSPS) is 11.6. The van der Waals surface area contributed by atoms with Crippen LogP contribution in [0.2, 0.25) is 5.02 Å². The zero-order chi connectivity index (χ0) is 18.0. The first-order valence-corrected chi connectivity index (χ1v) is 9.20. The summed E-state index contributed by atoms with van der Waals surface area (Å²) in [6.07, 6.45) is 3.51. The quantitative estimate of drug-likeness (QED) is 0.708. The van der Waals surface area contributed by atoms with Gasteiger partial charge in [0.25, 0.3) is 5.91 Å². The summed E-state index contributed by atoms with van der Waals surface area (Å²) < 4.78 is 27.3. The molecule has 2 aromatic heterocycles. The van der Waals surface area contributed by atoms with Gasteiger partial charge < -0.3 is 9.72 Å². The molecule has 2 N–H and O–H groups in total. The van der Waals surface area contributed by atoms with Gasteiger partial charge in [-0.15, -0.1) is 0 Å². The van der Waals surface area contributed by atoms with Crippen LogP contribution >= 0.6 is 11.6 Å². The van der Waals surface area contributed by atoms with E-state index in [0.29, 0.717) is 16.3 Å². The van der Waals surface area contributed by atoms with Crippen LogP contribution in [0.1, 0.15) is 16.1 Å². The average molecular weight is 379 g/mol. The van der Waals surface area contributed by atoms with Crippen molar-refractivity contribution in [2.45, 2.75) is 11.4 Å². The van der Waals surface area contributed by atoms with Crippen LogP contribution in [0, 0.1) is 0 Å². The van der Waals surface area contributed by atoms with Gasteiger partial charge in [-0.1, -0.05) is 11.6 Å². The van der Waals surface area contributed by atoms with Crippen molar-refractivity contribution < 1.29 is 13.2 Å². The molecule has 0 aliphatic rings. The van der Waals surface area contributed by atoms with Gasteiger partial charge in [0, 0.05) is 18.0 Å². The van der Waals surface area contributed by atoms with E-state index < -0.39 is 10.0 Å². The molecule has 2 heterocycles. The van der Waals surface area contributed by atoms with Gasteiger partial charge >= 0.3 is 0 Å². The highest BCUT2D eigenvalue weighted by atomic mass is 35.5. The van der Waals surface area contributed by atoms with Gasteiger partial charge in [-0.2, -0.15) is 0 Å². The molecule has 1 amide bonds. The topological polar surface area (TPSA) is 92.6 Å². The zero-order valence-electron chi connectivity index (χ0n) is 13.2. The van der Waals surface area contributed by atoms with Crippen LogP contribution in [0.25, 0.3) is 5.65 Å². The van der Waals surface area contributed by atoms with E-state index in [0.717, 1.165) is 5.65 Å². The molecule has 0 bridgehead atoms. The van der Waals surface area contributed by atoms with Gasteiger partial charge in [-0.3, -0.25) is 4.79 Å². The smallest absolute Gasteiger partial charge is 0.251 e. The monoisotopic (exact) mass is 378 g/mol. The van der Waals surface area contributed by atoms with Crippen molar-refractivity contribution >= 4 is 33.2 Å². The fourth-order valence-electron chi connectivity index (χ4n) is 2.28. The maximum Gasteiger partial charge on any atom is 0.251 e. The number of halogens is 1. The van der Waals surface area contributed by atoms with E-state index >= 15 is 0 Å². The SMILES string of the molecule is CNS(=O)(=O)c1ccc(C(=O)NCc2cn3cc(Cl)ccc3n2)cc1. The number of hydrogen-bond donors (Lipinski definition) is 2. The third-order valence-electron chi connectivity index (χ3n) is 3.59. The molecule has 3 rings (SSSR count). The minimum Gasteiger partial charge on any atom is -0.346 e. The summed E-state index contributed by atoms with van der Waals surface area (Å²) in [4.78, 5) is 16.7. The Hall–Kier alpha value is -2.42. The molecular formula is C16H15ClN4O3S. The Balaban J connectivity index is 1.69. The van der Waals surface area contributed by atoms with Crippen molar-refractivity contribution in [3.05, 3.63) is 65.1 Å². The first-order chi connectivity index (χ1) is 11.9. The maximum atomic E-state index is 12.2. The number of nitrogens with one attached hydrogen (secondary N) is 2. The third kappa shape index (κ3) is 3.81. The number of rotatable bonds is 5. The van der Waals surface area contributed by atoms with Crippen LogP contribution < -0.4 is 10.0 Å². The van der Waals surface area contributed by atoms with Crippen molar-refractivity contribution in [1.82, 2.24) is 19.4 Å². The molecule has 3 aromatic rings. The number of aromatic nitrogens is 2. The largest absolute Gasteiger partial charge is 0.346 e. The Morgan fingerprint density at radius 2 is 1.88 bits per heavy atom. The van der Waals surface area contributed by atoms with Crippen LogP contribution in [0.15, 0.2) is 53.7 Å². The predicted octanol–water partition coefficient (Wildman–Crippen LogP) is 1.83. The lowest BCUT2D eigenvalue weighted by atomic mass is 10.2. The van der Waals surface area contributed by atoms with Crippen LogP contribution in [0.5, 0.6) is 0 Å². The lowest BCUT2D eigenvalue weighted by Gasteiger charge is -2.05. The van der Waals surface area contributed by atoms with Crippen molar-refractivity contribution in [1.29, 1.82) is 0 Å². The zero-order valence-corrected chi connectivity index (χ0v) is 14.8. The Bertz CT molecular complexity index is 1030. The molecule has 9 heteroatoms. The van der Waals surface area contributed by atoms with E-state index in [4.69, 9.17) is 11.6 Å². The van der Waals surface area contributed by atoms with Crippen LogP contribution in [0.3, 0.4) is 0 Å². The van der Waals surface area contributed by atoms with Crippen molar-refractivity contribution in [2.75, 3.05) is 7.05 Å². The summed E-state index contributed by atoms with van der Waals surface area (Å²) in [5, 5.41) is 3.34. The highest BCUT2D eigenvalue weighted by Crippen LogP contribution is 2.12. The van der Waals surface area contributed by atoms with Gasteiger partial charge in [-0.25, -0.2) is 18.1 Å². The van der Waals surface area contributed by atoms with Gasteiger partial charge in [0.2, 0.25) is 10.0 Å². The molecule has 0 radical (unpaired) electrons. The summed E-state index contributed by atoms with van der Waals surface area (Å²) >= 11 is 5.93. The Morgan fingerprint density at radius 3 is 2.56 bits per heavy atom. The van der Waals surface area contributed by atoms with Crippen molar-refractivity contribution in [3.63, 3.8) is 0 Å². The molecular weight excluding hydrogens is 364 g/mol. The number of fused-ring (bicyclic) bond motifs is 1. The van der Waals surface area contributed by atoms with Gasteiger partial charge in [0.15, 0.2) is 0 Å². The van der Waals surface area contributed by atoms with Crippen LogP contribution in [0.4, 0.5) is 0 Å². The predicted molar refractivity (Wildman–Crippen MR) is 94.1 cm³/mol. The molecule has 0 saturated carbocycles. The summed E-state index contributed by atoms with van der Waals surface area (Å²) in [6, 6.07) is 9.22. The highest BCUT2D eigenvalue weighted by Gasteiger charge is 2.13. The van der Waals surface area contributed by atoms with Crippen molar-refractivity contribution in [3.8, 4) is 0 Å². The fraction of sp³-hybridized carbons (Fsp3) is 0.125. The minimum atomic E-state index is -3.52. The molecule has 0 atom stereocenters. The summed E-state index contributed by atoms with van der Waals surface area (Å²) in [7, 11) is -2.19. The Kier molecular flexibility index (Phi) is 4.76. The van der Waals surface area contributed by atoms with Crippen LogP contribution in [-0.4, -0.2) is 30.8 Å². The number of pyridine rings is 1. The second kappa shape index (κ2) is 6.83. The standard InChI is InChI=1S/C16H15ClN4O3S/c1-18-25(23,24)14-5-2-11(3-6-14)16(22)19-8-13-10-21-9-12(17)4-7-15(21)20-13/h2-7,9-10,18H,8H2,1H3,(H,19,22). The highest BCUT2D eigenvalue weighted by molar-refractivity contribution is 7.89. The molecule has 0 spiro atoms. The van der Waals surface area contributed by atoms with Gasteiger partial charge in [0.1, 0.15) is 5.65 Å². The first-order valence-electron chi connectivity index (χ1n) is 7.34. The second-order valence-corrected chi connectivity index (χ2v) is 7.58. The second-order valence-electron chi connectivity index (χ2n) is 5.26. The minimum absolute atomic E-state index is 0.101. The first kappa shape index (κ1) is 17.4. The van der Waals surface area contributed by atoms with Gasteiger partial charge in [-0.05, 0) is 43.4 Å². The molecule has 130 valence electrons. The Labute approximate surface area is 149 Å².